The minimum absolute atomic E-state index is 0.0249. The molecule has 2 amide bonds. The molecule has 2 rings (SSSR count). The fourth-order valence-electron chi connectivity index (χ4n) is 1.88. The Labute approximate surface area is 165 Å². The Morgan fingerprint density at radius 3 is 2.35 bits per heavy atom. The maximum absolute atomic E-state index is 12.3. The Kier molecular flexibility index (Phi) is 7.16. The van der Waals surface area contributed by atoms with Crippen LogP contribution in [0.15, 0.2) is 55.7 Å². The van der Waals surface area contributed by atoms with Gasteiger partial charge >= 0.3 is 5.97 Å². The third-order valence-corrected chi connectivity index (χ3v) is 4.05. The van der Waals surface area contributed by atoms with Gasteiger partial charge in [-0.05, 0) is 51.8 Å². The zero-order valence-corrected chi connectivity index (χ0v) is 16.5. The molecule has 7 nitrogen and oxygen atoms in total. The molecule has 9 heteroatoms. The smallest absolute Gasteiger partial charge is 0.305 e. The van der Waals surface area contributed by atoms with Crippen LogP contribution >= 0.6 is 31.9 Å². The fraction of sp³-hybridized carbons (Fsp3) is 0.118. The van der Waals surface area contributed by atoms with E-state index in [-0.39, 0.29) is 24.4 Å². The molecule has 1 aromatic carbocycles. The third kappa shape index (κ3) is 6.16. The van der Waals surface area contributed by atoms with E-state index in [2.05, 4.69) is 42.5 Å². The van der Waals surface area contributed by atoms with E-state index in [1.807, 2.05) is 0 Å². The lowest BCUT2D eigenvalue weighted by molar-refractivity contribution is -0.136. The van der Waals surface area contributed by atoms with Crippen molar-refractivity contribution in [2.75, 3.05) is 6.54 Å². The maximum atomic E-state index is 12.3. The van der Waals surface area contributed by atoms with Gasteiger partial charge < -0.3 is 20.2 Å². The molecule has 26 heavy (non-hydrogen) atoms. The highest BCUT2D eigenvalue weighted by molar-refractivity contribution is 9.10. The van der Waals surface area contributed by atoms with E-state index in [1.165, 1.54) is 12.1 Å². The summed E-state index contributed by atoms with van der Waals surface area (Å²) in [6.45, 7) is -0.0615. The van der Waals surface area contributed by atoms with E-state index in [4.69, 9.17) is 9.52 Å². The summed E-state index contributed by atoms with van der Waals surface area (Å²) in [7, 11) is 0. The van der Waals surface area contributed by atoms with Gasteiger partial charge in [0.15, 0.2) is 10.4 Å². The van der Waals surface area contributed by atoms with Crippen LogP contribution in [0.25, 0.3) is 6.08 Å². The van der Waals surface area contributed by atoms with Crippen molar-refractivity contribution < 1.29 is 23.9 Å². The first-order valence-corrected chi connectivity index (χ1v) is 8.97. The molecule has 136 valence electrons. The van der Waals surface area contributed by atoms with E-state index in [9.17, 15) is 14.4 Å². The van der Waals surface area contributed by atoms with Gasteiger partial charge in [0.1, 0.15) is 5.70 Å². The number of halogens is 2. The summed E-state index contributed by atoms with van der Waals surface area (Å²) in [5, 5.41) is 13.6. The number of furan rings is 1. The minimum Gasteiger partial charge on any atom is -0.481 e. The number of nitrogens with one attached hydrogen (secondary N) is 2. The van der Waals surface area contributed by atoms with Crippen LogP contribution in [0.5, 0.6) is 0 Å². The molecule has 0 saturated heterocycles. The second-order valence-electron chi connectivity index (χ2n) is 5.07. The van der Waals surface area contributed by atoms with E-state index < -0.39 is 17.8 Å². The van der Waals surface area contributed by atoms with Gasteiger partial charge in [0.2, 0.25) is 0 Å². The van der Waals surface area contributed by atoms with Crippen LogP contribution < -0.4 is 10.6 Å². The Morgan fingerprint density at radius 1 is 1.08 bits per heavy atom. The normalized spacial score (nSPS) is 11.1. The van der Waals surface area contributed by atoms with Crippen molar-refractivity contribution in [1.29, 1.82) is 0 Å². The van der Waals surface area contributed by atoms with Crippen molar-refractivity contribution in [3.63, 3.8) is 0 Å². The first-order valence-electron chi connectivity index (χ1n) is 7.39. The highest BCUT2D eigenvalue weighted by Gasteiger charge is 2.17. The van der Waals surface area contributed by atoms with Crippen LogP contribution in [0.1, 0.15) is 22.5 Å². The fourth-order valence-corrected chi connectivity index (χ4v) is 2.45. The molecule has 2 aromatic rings. The van der Waals surface area contributed by atoms with Gasteiger partial charge in [0, 0.05) is 11.0 Å². The van der Waals surface area contributed by atoms with Crippen molar-refractivity contribution in [1.82, 2.24) is 10.6 Å². The molecule has 0 unspecified atom stereocenters. The number of carbonyl (C=O) groups is 3. The predicted molar refractivity (Wildman–Crippen MR) is 101 cm³/mol. The van der Waals surface area contributed by atoms with Gasteiger partial charge in [-0.1, -0.05) is 28.1 Å². The molecule has 0 aliphatic rings. The van der Waals surface area contributed by atoms with Crippen molar-refractivity contribution in [3.8, 4) is 0 Å². The van der Waals surface area contributed by atoms with E-state index in [0.29, 0.717) is 10.2 Å². The summed E-state index contributed by atoms with van der Waals surface area (Å²) in [6, 6.07) is 10.1. The zero-order valence-electron chi connectivity index (χ0n) is 13.3. The average molecular weight is 486 g/mol. The van der Waals surface area contributed by atoms with Crippen LogP contribution in [0, 0.1) is 0 Å². The number of rotatable bonds is 7. The summed E-state index contributed by atoms with van der Waals surface area (Å²) in [5.74, 6) is -2.22. The Hall–Kier alpha value is -2.39. The Morgan fingerprint density at radius 2 is 1.77 bits per heavy atom. The lowest BCUT2D eigenvalue weighted by Gasteiger charge is -2.10. The number of amides is 2. The molecule has 0 aliphatic heterocycles. The quantitative estimate of drug-likeness (QED) is 0.522. The van der Waals surface area contributed by atoms with Crippen LogP contribution in [-0.4, -0.2) is 29.4 Å². The number of hydrogen-bond donors (Lipinski definition) is 3. The van der Waals surface area contributed by atoms with Crippen molar-refractivity contribution in [2.24, 2.45) is 0 Å². The highest BCUT2D eigenvalue weighted by Crippen LogP contribution is 2.15. The summed E-state index contributed by atoms with van der Waals surface area (Å²) in [6.07, 6.45) is 1.26. The topological polar surface area (TPSA) is 109 Å². The molecule has 1 aromatic heterocycles. The van der Waals surface area contributed by atoms with Crippen LogP contribution in [0.4, 0.5) is 0 Å². The van der Waals surface area contributed by atoms with Crippen LogP contribution in [-0.2, 0) is 9.59 Å². The summed E-state index contributed by atoms with van der Waals surface area (Å²) in [5.41, 5.74) is 0.646. The molecule has 0 radical (unpaired) electrons. The van der Waals surface area contributed by atoms with Gasteiger partial charge in [-0.15, -0.1) is 0 Å². The molecular formula is C17H14Br2N2O5. The maximum Gasteiger partial charge on any atom is 0.305 e. The Bertz CT molecular complexity index is 843. The average Bonchev–Trinajstić information content (AvgIpc) is 3.02. The summed E-state index contributed by atoms with van der Waals surface area (Å²) in [4.78, 5) is 35.2. The number of hydrogen-bond acceptors (Lipinski definition) is 4. The van der Waals surface area contributed by atoms with Gasteiger partial charge in [-0.2, -0.15) is 0 Å². The van der Waals surface area contributed by atoms with Gasteiger partial charge in [0.25, 0.3) is 11.8 Å². The first-order chi connectivity index (χ1) is 12.3. The monoisotopic (exact) mass is 484 g/mol. The molecule has 0 saturated carbocycles. The molecule has 0 atom stereocenters. The molecule has 0 fully saturated rings. The number of carboxylic acids is 1. The SMILES string of the molecule is O=C(O)CCNC(=O)/C(=C/c1ccc(Br)cc1)NC(=O)c1ccc(Br)o1. The standard InChI is InChI=1S/C17H14Br2N2O5/c18-11-3-1-10(2-4-11)9-12(16(24)20-8-7-15(22)23)21-17(25)13-5-6-14(19)26-13/h1-6,9H,7-8H2,(H,20,24)(H,21,25)(H,22,23)/b12-9-. The highest BCUT2D eigenvalue weighted by atomic mass is 79.9. The molecule has 3 N–H and O–H groups in total. The predicted octanol–water partition coefficient (Wildman–Crippen LogP) is 3.17. The van der Waals surface area contributed by atoms with Crippen LogP contribution in [0.2, 0.25) is 0 Å². The van der Waals surface area contributed by atoms with Gasteiger partial charge in [-0.25, -0.2) is 0 Å². The molecule has 0 bridgehead atoms. The number of benzene rings is 1. The molecule has 0 spiro atoms. The van der Waals surface area contributed by atoms with Crippen LogP contribution in [0.3, 0.4) is 0 Å². The molecule has 0 aliphatic carbocycles. The van der Waals surface area contributed by atoms with E-state index in [0.717, 1.165) is 4.47 Å². The summed E-state index contributed by atoms with van der Waals surface area (Å²) < 4.78 is 6.41. The first kappa shape index (κ1) is 19.9. The van der Waals surface area contributed by atoms with Crippen molar-refractivity contribution in [3.05, 3.63) is 62.6 Å². The number of carboxylic acid groups (broad SMARTS) is 1. The zero-order chi connectivity index (χ0) is 19.1. The second kappa shape index (κ2) is 9.35. The number of aliphatic carboxylic acids is 1. The van der Waals surface area contributed by atoms with Crippen molar-refractivity contribution >= 4 is 55.7 Å². The molecule has 1 heterocycles. The lowest BCUT2D eigenvalue weighted by atomic mass is 10.2. The Balaban J connectivity index is 2.19. The summed E-state index contributed by atoms with van der Waals surface area (Å²) >= 11 is 6.42. The van der Waals surface area contributed by atoms with E-state index in [1.54, 1.807) is 30.3 Å². The van der Waals surface area contributed by atoms with Crippen molar-refractivity contribution in [2.45, 2.75) is 6.42 Å². The lowest BCUT2D eigenvalue weighted by Crippen LogP contribution is -2.35. The van der Waals surface area contributed by atoms with Gasteiger partial charge in [-0.3, -0.25) is 14.4 Å². The largest absolute Gasteiger partial charge is 0.481 e. The molecular weight excluding hydrogens is 472 g/mol. The number of carbonyl (C=O) groups excluding carboxylic acids is 2. The minimum atomic E-state index is -1.03. The van der Waals surface area contributed by atoms with E-state index >= 15 is 0 Å². The third-order valence-electron chi connectivity index (χ3n) is 3.10. The van der Waals surface area contributed by atoms with Gasteiger partial charge in [0.05, 0.1) is 6.42 Å². The second-order valence-corrected chi connectivity index (χ2v) is 6.76.